The van der Waals surface area contributed by atoms with Gasteiger partial charge in [0.25, 0.3) is 0 Å². The Morgan fingerprint density at radius 2 is 1.80 bits per heavy atom. The average molecular weight is 298 g/mol. The zero-order chi connectivity index (χ0) is 15.0. The molecule has 4 nitrogen and oxygen atoms in total. The highest BCUT2D eigenvalue weighted by Gasteiger charge is 2.13. The van der Waals surface area contributed by atoms with Gasteiger partial charge in [-0.3, -0.25) is 0 Å². The maximum absolute atomic E-state index is 12.1. The molecule has 0 aliphatic heterocycles. The fourth-order valence-corrected chi connectivity index (χ4v) is 3.25. The summed E-state index contributed by atoms with van der Waals surface area (Å²) in [6, 6.07) is 7.46. The number of benzene rings is 1. The molecule has 0 aliphatic carbocycles. The molecule has 0 spiro atoms. The van der Waals surface area contributed by atoms with Gasteiger partial charge in [0.05, 0.1) is 10.6 Å². The minimum atomic E-state index is -3.14. The van der Waals surface area contributed by atoms with Gasteiger partial charge < -0.3 is 10.6 Å². The first kappa shape index (κ1) is 17.1. The fourth-order valence-electron chi connectivity index (χ4n) is 1.94. The highest BCUT2D eigenvalue weighted by atomic mass is 32.2. The Hall–Kier alpha value is -0.910. The highest BCUT2D eigenvalue weighted by molar-refractivity contribution is 7.91. The summed E-state index contributed by atoms with van der Waals surface area (Å²) in [7, 11) is -1.21. The van der Waals surface area contributed by atoms with Gasteiger partial charge in [0.2, 0.25) is 0 Å². The molecule has 2 N–H and O–H groups in total. The quantitative estimate of drug-likeness (QED) is 0.682. The third-order valence-electron chi connectivity index (χ3n) is 3.29. The fraction of sp³-hybridized carbons (Fsp3) is 0.600. The van der Waals surface area contributed by atoms with E-state index in [2.05, 4.69) is 17.6 Å². The van der Waals surface area contributed by atoms with E-state index >= 15 is 0 Å². The molecule has 20 heavy (non-hydrogen) atoms. The molecular formula is C15H26N2O2S. The lowest BCUT2D eigenvalue weighted by molar-refractivity contribution is 0.502. The van der Waals surface area contributed by atoms with Gasteiger partial charge >= 0.3 is 0 Å². The third kappa shape index (κ3) is 6.03. The van der Waals surface area contributed by atoms with Crippen molar-refractivity contribution in [1.82, 2.24) is 10.6 Å². The molecule has 5 heteroatoms. The first-order valence-electron chi connectivity index (χ1n) is 7.13. The molecule has 0 saturated carbocycles. The van der Waals surface area contributed by atoms with Crippen molar-refractivity contribution in [2.24, 2.45) is 0 Å². The van der Waals surface area contributed by atoms with E-state index in [1.54, 1.807) is 12.1 Å². The smallest absolute Gasteiger partial charge is 0.178 e. The van der Waals surface area contributed by atoms with Gasteiger partial charge in [0.15, 0.2) is 9.84 Å². The van der Waals surface area contributed by atoms with E-state index in [9.17, 15) is 8.42 Å². The maximum Gasteiger partial charge on any atom is 0.178 e. The van der Waals surface area contributed by atoms with Gasteiger partial charge in [-0.15, -0.1) is 0 Å². The minimum Gasteiger partial charge on any atom is -0.320 e. The van der Waals surface area contributed by atoms with Crippen LogP contribution in [-0.4, -0.2) is 40.3 Å². The summed E-state index contributed by atoms with van der Waals surface area (Å²) in [5.41, 5.74) is 1.07. The highest BCUT2D eigenvalue weighted by Crippen LogP contribution is 2.12. The number of hydrogen-bond acceptors (Lipinski definition) is 4. The van der Waals surface area contributed by atoms with Gasteiger partial charge in [-0.1, -0.05) is 17.7 Å². The van der Waals surface area contributed by atoms with Crippen LogP contribution in [0.1, 0.15) is 25.3 Å². The van der Waals surface area contributed by atoms with Crippen molar-refractivity contribution >= 4 is 9.84 Å². The Kier molecular flexibility index (Phi) is 7.19. The van der Waals surface area contributed by atoms with E-state index in [0.29, 0.717) is 17.4 Å². The van der Waals surface area contributed by atoms with Gasteiger partial charge in [0.1, 0.15) is 0 Å². The Labute approximate surface area is 122 Å². The molecule has 0 aliphatic rings. The van der Waals surface area contributed by atoms with Gasteiger partial charge in [-0.05, 0) is 59.0 Å². The molecule has 0 heterocycles. The normalized spacial score (nSPS) is 13.3. The topological polar surface area (TPSA) is 58.2 Å². The Balaban J connectivity index is 2.35. The molecule has 0 radical (unpaired) electrons. The second-order valence-corrected chi connectivity index (χ2v) is 7.34. The van der Waals surface area contributed by atoms with E-state index < -0.39 is 9.84 Å². The van der Waals surface area contributed by atoms with Crippen LogP contribution in [-0.2, 0) is 9.84 Å². The lowest BCUT2D eigenvalue weighted by Crippen LogP contribution is -2.30. The van der Waals surface area contributed by atoms with Crippen LogP contribution in [0.15, 0.2) is 29.2 Å². The van der Waals surface area contributed by atoms with Crippen LogP contribution in [0, 0.1) is 6.92 Å². The molecule has 1 aromatic rings. The molecule has 114 valence electrons. The van der Waals surface area contributed by atoms with Crippen LogP contribution >= 0.6 is 0 Å². The van der Waals surface area contributed by atoms with E-state index in [1.165, 1.54) is 0 Å². The van der Waals surface area contributed by atoms with E-state index in [-0.39, 0.29) is 5.75 Å². The molecular weight excluding hydrogens is 272 g/mol. The van der Waals surface area contributed by atoms with E-state index in [1.807, 2.05) is 26.1 Å². The Morgan fingerprint density at radius 1 is 1.15 bits per heavy atom. The van der Waals surface area contributed by atoms with E-state index in [4.69, 9.17) is 0 Å². The molecule has 1 atom stereocenters. The van der Waals surface area contributed by atoms with Crippen LogP contribution in [0.5, 0.6) is 0 Å². The van der Waals surface area contributed by atoms with Gasteiger partial charge in [0, 0.05) is 6.04 Å². The third-order valence-corrected chi connectivity index (χ3v) is 5.11. The molecule has 0 amide bonds. The largest absolute Gasteiger partial charge is 0.320 e. The summed E-state index contributed by atoms with van der Waals surface area (Å²) in [6.07, 6.45) is 1.68. The first-order valence-corrected chi connectivity index (χ1v) is 8.78. The number of nitrogens with one attached hydrogen (secondary N) is 2. The van der Waals surface area contributed by atoms with Crippen LogP contribution in [0.4, 0.5) is 0 Å². The number of hydrogen-bond donors (Lipinski definition) is 2. The van der Waals surface area contributed by atoms with Crippen molar-refractivity contribution in [2.45, 2.75) is 37.6 Å². The molecule has 0 saturated heterocycles. The van der Waals surface area contributed by atoms with Crippen LogP contribution in [0.3, 0.4) is 0 Å². The molecule has 1 rings (SSSR count). The molecule has 1 unspecified atom stereocenters. The summed E-state index contributed by atoms with van der Waals surface area (Å²) >= 11 is 0. The number of sulfone groups is 1. The van der Waals surface area contributed by atoms with Crippen molar-refractivity contribution in [1.29, 1.82) is 0 Å². The van der Waals surface area contributed by atoms with Crippen LogP contribution < -0.4 is 10.6 Å². The van der Waals surface area contributed by atoms with Crippen molar-refractivity contribution in [3.63, 3.8) is 0 Å². The SMILES string of the molecule is CNCCC(C)NCCCS(=O)(=O)c1ccc(C)cc1. The zero-order valence-electron chi connectivity index (χ0n) is 12.6. The van der Waals surface area contributed by atoms with Gasteiger partial charge in [-0.2, -0.15) is 0 Å². The summed E-state index contributed by atoms with van der Waals surface area (Å²) in [5.74, 6) is 0.196. The van der Waals surface area contributed by atoms with Gasteiger partial charge in [-0.25, -0.2) is 8.42 Å². The molecule has 0 aromatic heterocycles. The maximum atomic E-state index is 12.1. The summed E-state index contributed by atoms with van der Waals surface area (Å²) in [5, 5.41) is 6.45. The number of rotatable bonds is 9. The van der Waals surface area contributed by atoms with Crippen molar-refractivity contribution in [3.05, 3.63) is 29.8 Å². The van der Waals surface area contributed by atoms with Crippen molar-refractivity contribution in [2.75, 3.05) is 25.9 Å². The summed E-state index contributed by atoms with van der Waals surface area (Å²) < 4.78 is 24.2. The second-order valence-electron chi connectivity index (χ2n) is 5.23. The van der Waals surface area contributed by atoms with Crippen molar-refractivity contribution in [3.8, 4) is 0 Å². The first-order chi connectivity index (χ1) is 9.45. The molecule has 0 fully saturated rings. The predicted molar refractivity (Wildman–Crippen MR) is 83.9 cm³/mol. The average Bonchev–Trinajstić information content (AvgIpc) is 2.42. The predicted octanol–water partition coefficient (Wildman–Crippen LogP) is 1.75. The summed E-state index contributed by atoms with van der Waals surface area (Å²) in [4.78, 5) is 0.423. The second kappa shape index (κ2) is 8.39. The monoisotopic (exact) mass is 298 g/mol. The minimum absolute atomic E-state index is 0.196. The van der Waals surface area contributed by atoms with Crippen LogP contribution in [0.25, 0.3) is 0 Å². The Morgan fingerprint density at radius 3 is 2.40 bits per heavy atom. The van der Waals surface area contributed by atoms with Crippen LogP contribution in [0.2, 0.25) is 0 Å². The zero-order valence-corrected chi connectivity index (χ0v) is 13.5. The summed E-state index contributed by atoms with van der Waals surface area (Å²) in [6.45, 7) is 5.77. The number of aryl methyl sites for hydroxylation is 1. The van der Waals surface area contributed by atoms with E-state index in [0.717, 1.165) is 25.1 Å². The van der Waals surface area contributed by atoms with Crippen molar-refractivity contribution < 1.29 is 8.42 Å². The standard InChI is InChI=1S/C15H26N2O2S/c1-13-5-7-15(8-6-13)20(18,19)12-4-10-17-14(2)9-11-16-3/h5-8,14,16-17H,4,9-12H2,1-3H3. The lowest BCUT2D eigenvalue weighted by atomic mass is 10.2. The lowest BCUT2D eigenvalue weighted by Gasteiger charge is -2.13. The molecule has 1 aromatic carbocycles. The molecule has 0 bridgehead atoms. The Bertz CT molecular complexity index is 483.